The van der Waals surface area contributed by atoms with Crippen LogP contribution in [0.15, 0.2) is 77.7 Å². The fourth-order valence-corrected chi connectivity index (χ4v) is 3.97. The average Bonchev–Trinajstić information content (AvgIpc) is 2.65. The van der Waals surface area contributed by atoms with Gasteiger partial charge in [-0.05, 0) is 61.0 Å². The molecule has 0 fully saturated rings. The summed E-state index contributed by atoms with van der Waals surface area (Å²) in [6, 6.07) is 19.4. The van der Waals surface area contributed by atoms with Gasteiger partial charge in [0, 0.05) is 22.1 Å². The van der Waals surface area contributed by atoms with Crippen LogP contribution in [-0.4, -0.2) is 14.4 Å². The average molecular weight is 416 g/mol. The highest BCUT2D eigenvalue weighted by Gasteiger charge is 2.18. The van der Waals surface area contributed by atoms with E-state index in [-0.39, 0.29) is 4.90 Å². The van der Waals surface area contributed by atoms with Crippen LogP contribution in [0.5, 0.6) is 0 Å². The number of para-hydroxylation sites is 1. The molecule has 0 aliphatic heterocycles. The summed E-state index contributed by atoms with van der Waals surface area (Å²) in [4.78, 5) is 12.3. The predicted molar refractivity (Wildman–Crippen MR) is 113 cm³/mol. The number of benzene rings is 3. The molecular formula is C20H18ClN3O3S. The van der Waals surface area contributed by atoms with E-state index >= 15 is 0 Å². The Morgan fingerprint density at radius 2 is 1.43 bits per heavy atom. The highest BCUT2D eigenvalue weighted by Crippen LogP contribution is 2.23. The highest BCUT2D eigenvalue weighted by molar-refractivity contribution is 7.92. The first-order chi connectivity index (χ1) is 13.3. The number of nitrogens with one attached hydrogen (secondary N) is 3. The highest BCUT2D eigenvalue weighted by atomic mass is 35.5. The maximum atomic E-state index is 12.7. The van der Waals surface area contributed by atoms with E-state index < -0.39 is 16.1 Å². The molecule has 2 amide bonds. The second kappa shape index (κ2) is 8.33. The van der Waals surface area contributed by atoms with Gasteiger partial charge < -0.3 is 10.6 Å². The third-order valence-corrected chi connectivity index (χ3v) is 5.64. The Bertz CT molecular complexity index is 1090. The van der Waals surface area contributed by atoms with Crippen molar-refractivity contribution < 1.29 is 13.2 Å². The van der Waals surface area contributed by atoms with Crippen molar-refractivity contribution in [3.63, 3.8) is 0 Å². The molecule has 28 heavy (non-hydrogen) atoms. The van der Waals surface area contributed by atoms with Gasteiger partial charge in [0.25, 0.3) is 10.0 Å². The molecule has 0 saturated carbocycles. The van der Waals surface area contributed by atoms with Crippen molar-refractivity contribution in [3.05, 3.63) is 83.4 Å². The standard InChI is InChI=1S/C20H18ClN3O3S/c1-14-7-10-18(23-20(25)22-16-11-8-15(21)9-12-16)13-19(14)28(26,27)24-17-5-3-2-4-6-17/h2-13,24H,1H3,(H2,22,23,25). The second-order valence-corrected chi connectivity index (χ2v) is 8.13. The Kier molecular flexibility index (Phi) is 5.87. The van der Waals surface area contributed by atoms with Crippen LogP contribution in [-0.2, 0) is 10.0 Å². The summed E-state index contributed by atoms with van der Waals surface area (Å²) in [5.74, 6) is 0. The fraction of sp³-hybridized carbons (Fsp3) is 0.0500. The number of aryl methyl sites for hydroxylation is 1. The summed E-state index contributed by atoms with van der Waals surface area (Å²) in [6.45, 7) is 1.69. The Labute approximate surface area is 168 Å². The number of hydrogen-bond acceptors (Lipinski definition) is 3. The smallest absolute Gasteiger partial charge is 0.308 e. The van der Waals surface area contributed by atoms with Gasteiger partial charge in [0.2, 0.25) is 0 Å². The molecule has 144 valence electrons. The lowest BCUT2D eigenvalue weighted by atomic mass is 10.2. The zero-order chi connectivity index (χ0) is 20.1. The lowest BCUT2D eigenvalue weighted by Gasteiger charge is -2.13. The molecule has 3 aromatic carbocycles. The van der Waals surface area contributed by atoms with Crippen molar-refractivity contribution in [1.29, 1.82) is 0 Å². The van der Waals surface area contributed by atoms with E-state index in [1.807, 2.05) is 0 Å². The summed E-state index contributed by atoms with van der Waals surface area (Å²) >= 11 is 5.82. The molecule has 0 bridgehead atoms. The number of rotatable bonds is 5. The molecule has 3 aromatic rings. The summed E-state index contributed by atoms with van der Waals surface area (Å²) in [7, 11) is -3.80. The molecule has 0 heterocycles. The van der Waals surface area contributed by atoms with Gasteiger partial charge in [0.15, 0.2) is 0 Å². The monoisotopic (exact) mass is 415 g/mol. The van der Waals surface area contributed by atoms with E-state index in [0.29, 0.717) is 27.6 Å². The van der Waals surface area contributed by atoms with E-state index in [1.54, 1.807) is 73.7 Å². The zero-order valence-electron chi connectivity index (χ0n) is 14.9. The van der Waals surface area contributed by atoms with Gasteiger partial charge in [-0.3, -0.25) is 4.72 Å². The van der Waals surface area contributed by atoms with E-state index in [0.717, 1.165) is 0 Å². The molecule has 0 aliphatic rings. The number of amides is 2. The molecule has 0 unspecified atom stereocenters. The molecule has 0 aromatic heterocycles. The summed E-state index contributed by atoms with van der Waals surface area (Å²) in [5.41, 5.74) is 1.94. The van der Waals surface area contributed by atoms with Crippen molar-refractivity contribution >= 4 is 44.7 Å². The second-order valence-electron chi connectivity index (χ2n) is 6.04. The summed E-state index contributed by atoms with van der Waals surface area (Å²) < 4.78 is 28.0. The normalized spacial score (nSPS) is 10.9. The lowest BCUT2D eigenvalue weighted by molar-refractivity contribution is 0.262. The van der Waals surface area contributed by atoms with Crippen molar-refractivity contribution in [2.45, 2.75) is 11.8 Å². The Morgan fingerprint density at radius 3 is 2.11 bits per heavy atom. The van der Waals surface area contributed by atoms with Gasteiger partial charge in [-0.1, -0.05) is 35.9 Å². The van der Waals surface area contributed by atoms with Gasteiger partial charge in [-0.25, -0.2) is 13.2 Å². The Hall–Kier alpha value is -3.03. The van der Waals surface area contributed by atoms with Gasteiger partial charge in [0.1, 0.15) is 0 Å². The van der Waals surface area contributed by atoms with Crippen molar-refractivity contribution in [2.75, 3.05) is 15.4 Å². The molecule has 6 nitrogen and oxygen atoms in total. The largest absolute Gasteiger partial charge is 0.323 e. The molecule has 8 heteroatoms. The van der Waals surface area contributed by atoms with Crippen molar-refractivity contribution in [3.8, 4) is 0 Å². The number of hydrogen-bond donors (Lipinski definition) is 3. The van der Waals surface area contributed by atoms with Crippen LogP contribution in [0.3, 0.4) is 0 Å². The number of sulfonamides is 1. The van der Waals surface area contributed by atoms with Crippen LogP contribution in [0, 0.1) is 6.92 Å². The molecular weight excluding hydrogens is 398 g/mol. The topological polar surface area (TPSA) is 87.3 Å². The molecule has 0 saturated heterocycles. The first kappa shape index (κ1) is 19.7. The van der Waals surface area contributed by atoms with E-state index in [4.69, 9.17) is 11.6 Å². The summed E-state index contributed by atoms with van der Waals surface area (Å²) in [6.07, 6.45) is 0. The summed E-state index contributed by atoms with van der Waals surface area (Å²) in [5, 5.41) is 5.85. The number of halogens is 1. The van der Waals surface area contributed by atoms with E-state index in [1.165, 1.54) is 6.07 Å². The fourth-order valence-electron chi connectivity index (χ4n) is 2.51. The van der Waals surface area contributed by atoms with Crippen molar-refractivity contribution in [2.24, 2.45) is 0 Å². The number of anilines is 3. The Balaban J connectivity index is 1.77. The van der Waals surface area contributed by atoms with Crippen LogP contribution in [0.4, 0.5) is 21.9 Å². The maximum absolute atomic E-state index is 12.7. The lowest BCUT2D eigenvalue weighted by Crippen LogP contribution is -2.20. The Morgan fingerprint density at radius 1 is 0.821 bits per heavy atom. The predicted octanol–water partition coefficient (Wildman–Crippen LogP) is 5.09. The van der Waals surface area contributed by atoms with Crippen LogP contribution < -0.4 is 15.4 Å². The van der Waals surface area contributed by atoms with Gasteiger partial charge in [0.05, 0.1) is 4.90 Å². The van der Waals surface area contributed by atoms with Crippen LogP contribution in [0.1, 0.15) is 5.56 Å². The third kappa shape index (κ3) is 5.03. The zero-order valence-corrected chi connectivity index (χ0v) is 16.5. The molecule has 0 spiro atoms. The van der Waals surface area contributed by atoms with E-state index in [2.05, 4.69) is 15.4 Å². The van der Waals surface area contributed by atoms with Gasteiger partial charge in [-0.15, -0.1) is 0 Å². The molecule has 0 radical (unpaired) electrons. The minimum absolute atomic E-state index is 0.0839. The van der Waals surface area contributed by atoms with Crippen molar-refractivity contribution in [1.82, 2.24) is 0 Å². The van der Waals surface area contributed by atoms with Gasteiger partial charge >= 0.3 is 6.03 Å². The minimum Gasteiger partial charge on any atom is -0.308 e. The number of carbonyl (C=O) groups excluding carboxylic acids is 1. The van der Waals surface area contributed by atoms with Crippen LogP contribution in [0.2, 0.25) is 5.02 Å². The SMILES string of the molecule is Cc1ccc(NC(=O)Nc2ccc(Cl)cc2)cc1S(=O)(=O)Nc1ccccc1. The first-order valence-electron chi connectivity index (χ1n) is 8.35. The number of carbonyl (C=O) groups is 1. The quantitative estimate of drug-likeness (QED) is 0.542. The molecule has 0 aliphatic carbocycles. The third-order valence-electron chi connectivity index (χ3n) is 3.86. The minimum atomic E-state index is -3.80. The van der Waals surface area contributed by atoms with E-state index in [9.17, 15) is 13.2 Å². The maximum Gasteiger partial charge on any atom is 0.323 e. The number of urea groups is 1. The van der Waals surface area contributed by atoms with Gasteiger partial charge in [-0.2, -0.15) is 0 Å². The first-order valence-corrected chi connectivity index (χ1v) is 10.2. The molecule has 0 atom stereocenters. The molecule has 3 rings (SSSR count). The van der Waals surface area contributed by atoms with Crippen LogP contribution in [0.25, 0.3) is 0 Å². The molecule has 3 N–H and O–H groups in total. The van der Waals surface area contributed by atoms with Crippen LogP contribution >= 0.6 is 11.6 Å².